The van der Waals surface area contributed by atoms with Gasteiger partial charge in [0.25, 0.3) is 0 Å². The Morgan fingerprint density at radius 3 is 3.11 bits per heavy atom. The third-order valence-corrected chi connectivity index (χ3v) is 3.35. The van der Waals surface area contributed by atoms with E-state index in [2.05, 4.69) is 11.5 Å². The van der Waals surface area contributed by atoms with E-state index >= 15 is 0 Å². The minimum absolute atomic E-state index is 0.320. The molecule has 0 fully saturated rings. The highest BCUT2D eigenvalue weighted by molar-refractivity contribution is 5.85. The minimum Gasteiger partial charge on any atom is -0.478 e. The second-order valence-corrected chi connectivity index (χ2v) is 4.74. The summed E-state index contributed by atoms with van der Waals surface area (Å²) in [5, 5.41) is 0.961. The van der Waals surface area contributed by atoms with Crippen molar-refractivity contribution in [2.75, 3.05) is 13.3 Å². The van der Waals surface area contributed by atoms with Crippen molar-refractivity contribution in [3.63, 3.8) is 0 Å². The summed E-state index contributed by atoms with van der Waals surface area (Å²) in [5.41, 5.74) is 2.18. The minimum atomic E-state index is -0.320. The van der Waals surface area contributed by atoms with E-state index in [9.17, 15) is 4.79 Å². The van der Waals surface area contributed by atoms with Crippen molar-refractivity contribution in [2.24, 2.45) is 0 Å². The lowest BCUT2D eigenvalue weighted by molar-refractivity contribution is 0.107. The molecule has 98 valence electrons. The maximum Gasteiger partial charge on any atom is 0.336 e. The van der Waals surface area contributed by atoms with Crippen LogP contribution in [0.3, 0.4) is 0 Å². The van der Waals surface area contributed by atoms with Crippen LogP contribution in [-0.4, -0.2) is 18.2 Å². The molecular weight excluding hydrogens is 242 g/mol. The zero-order valence-corrected chi connectivity index (χ0v) is 10.8. The molecule has 0 spiro atoms. The Hall–Kier alpha value is -2.07. The Morgan fingerprint density at radius 1 is 1.47 bits per heavy atom. The monoisotopic (exact) mass is 257 g/mol. The predicted octanol–water partition coefficient (Wildman–Crippen LogP) is 2.44. The molecule has 0 saturated carbocycles. The molecule has 4 nitrogen and oxygen atoms in total. The highest BCUT2D eigenvalue weighted by atomic mass is 16.5. The first-order valence-electron chi connectivity index (χ1n) is 6.21. The Morgan fingerprint density at radius 2 is 2.32 bits per heavy atom. The van der Waals surface area contributed by atoms with Crippen molar-refractivity contribution < 1.29 is 9.15 Å². The summed E-state index contributed by atoms with van der Waals surface area (Å²) < 4.78 is 11.1. The van der Waals surface area contributed by atoms with E-state index in [0.29, 0.717) is 18.9 Å². The maximum atomic E-state index is 11.6. The van der Waals surface area contributed by atoms with Gasteiger partial charge in [-0.2, -0.15) is 0 Å². The normalized spacial score (nSPS) is 15.0. The summed E-state index contributed by atoms with van der Waals surface area (Å²) in [7, 11) is 0. The molecule has 2 heterocycles. The molecule has 1 aromatic carbocycles. The quantitative estimate of drug-likeness (QED) is 0.612. The Balaban J connectivity index is 2.19. The highest BCUT2D eigenvalue weighted by Gasteiger charge is 2.20. The van der Waals surface area contributed by atoms with E-state index in [-0.39, 0.29) is 5.63 Å². The zero-order chi connectivity index (χ0) is 13.4. The van der Waals surface area contributed by atoms with Gasteiger partial charge >= 0.3 is 5.63 Å². The molecule has 2 aromatic rings. The third kappa shape index (κ3) is 2.04. The number of rotatable bonds is 2. The van der Waals surface area contributed by atoms with E-state index < -0.39 is 0 Å². The number of nitrogens with zero attached hydrogens (tertiary/aromatic N) is 1. The Kier molecular flexibility index (Phi) is 2.87. The van der Waals surface area contributed by atoms with Crippen LogP contribution in [0, 0.1) is 6.92 Å². The summed E-state index contributed by atoms with van der Waals surface area (Å²) in [4.78, 5) is 13.7. The van der Waals surface area contributed by atoms with E-state index in [1.54, 1.807) is 0 Å². The van der Waals surface area contributed by atoms with Gasteiger partial charge in [-0.3, -0.25) is 4.90 Å². The number of aryl methyl sites for hydroxylation is 1. The summed E-state index contributed by atoms with van der Waals surface area (Å²) >= 11 is 0. The molecule has 0 saturated heterocycles. The van der Waals surface area contributed by atoms with E-state index in [1.165, 1.54) is 6.07 Å². The van der Waals surface area contributed by atoms with Gasteiger partial charge in [-0.05, 0) is 24.6 Å². The van der Waals surface area contributed by atoms with Crippen LogP contribution in [0.25, 0.3) is 11.0 Å². The van der Waals surface area contributed by atoms with E-state index in [4.69, 9.17) is 9.15 Å². The fourth-order valence-electron chi connectivity index (χ4n) is 2.44. The van der Waals surface area contributed by atoms with Crippen LogP contribution in [0.2, 0.25) is 0 Å². The largest absolute Gasteiger partial charge is 0.478 e. The molecule has 19 heavy (non-hydrogen) atoms. The van der Waals surface area contributed by atoms with Crippen molar-refractivity contribution >= 4 is 11.0 Å². The molecule has 3 rings (SSSR count). The number of hydrogen-bond acceptors (Lipinski definition) is 4. The van der Waals surface area contributed by atoms with Crippen molar-refractivity contribution in [1.29, 1.82) is 0 Å². The molecule has 4 heteroatoms. The van der Waals surface area contributed by atoms with Gasteiger partial charge < -0.3 is 9.15 Å². The number of fused-ring (bicyclic) bond motifs is 3. The Bertz CT molecular complexity index is 702. The van der Waals surface area contributed by atoms with E-state index in [1.807, 2.05) is 25.1 Å². The molecule has 0 bridgehead atoms. The molecule has 0 radical (unpaired) electrons. The lowest BCUT2D eigenvalue weighted by atomic mass is 10.1. The van der Waals surface area contributed by atoms with Gasteiger partial charge in [0.05, 0.1) is 5.56 Å². The maximum absolute atomic E-state index is 11.6. The van der Waals surface area contributed by atoms with Gasteiger partial charge in [0, 0.05) is 24.5 Å². The highest BCUT2D eigenvalue weighted by Crippen LogP contribution is 2.32. The van der Waals surface area contributed by atoms with Crippen LogP contribution >= 0.6 is 0 Å². The molecule has 1 aliphatic rings. The van der Waals surface area contributed by atoms with Gasteiger partial charge in [-0.25, -0.2) is 4.79 Å². The van der Waals surface area contributed by atoms with Crippen LogP contribution in [0.15, 0.2) is 40.1 Å². The summed E-state index contributed by atoms with van der Waals surface area (Å²) in [6.07, 6.45) is 1.83. The van der Waals surface area contributed by atoms with Crippen LogP contribution in [-0.2, 0) is 6.54 Å². The number of benzene rings is 1. The van der Waals surface area contributed by atoms with Gasteiger partial charge in [0.15, 0.2) is 0 Å². The van der Waals surface area contributed by atoms with Crippen LogP contribution in [0.1, 0.15) is 11.1 Å². The molecule has 1 aromatic heterocycles. The lowest BCUT2D eigenvalue weighted by Crippen LogP contribution is -2.32. The first-order valence-corrected chi connectivity index (χ1v) is 6.21. The second-order valence-electron chi connectivity index (χ2n) is 4.74. The van der Waals surface area contributed by atoms with Crippen molar-refractivity contribution in [2.45, 2.75) is 13.5 Å². The molecule has 0 N–H and O–H groups in total. The predicted molar refractivity (Wildman–Crippen MR) is 73.3 cm³/mol. The second kappa shape index (κ2) is 4.55. The summed E-state index contributed by atoms with van der Waals surface area (Å²) in [6.45, 7) is 7.61. The first-order chi connectivity index (χ1) is 9.19. The Labute approximate surface area is 110 Å². The fourth-order valence-corrected chi connectivity index (χ4v) is 2.44. The van der Waals surface area contributed by atoms with Crippen molar-refractivity contribution in [3.8, 4) is 5.75 Å². The standard InChI is InChI=1S/C15H15NO3/c1-3-6-16-8-12-13(18-9-16)5-4-11-10(2)7-14(17)19-15(11)12/h3-5,7H,1,6,8-9H2,2H3. The third-order valence-electron chi connectivity index (χ3n) is 3.35. The number of ether oxygens (including phenoxy) is 1. The average molecular weight is 257 g/mol. The van der Waals surface area contributed by atoms with Gasteiger partial charge in [-0.15, -0.1) is 6.58 Å². The fraction of sp³-hybridized carbons (Fsp3) is 0.267. The topological polar surface area (TPSA) is 42.7 Å². The van der Waals surface area contributed by atoms with Gasteiger partial charge in [0.1, 0.15) is 18.1 Å². The zero-order valence-electron chi connectivity index (χ0n) is 10.8. The van der Waals surface area contributed by atoms with Crippen molar-refractivity contribution in [3.05, 3.63) is 52.4 Å². The SMILES string of the molecule is C=CCN1COc2ccc3c(C)cc(=O)oc3c2C1. The molecule has 0 aliphatic carbocycles. The van der Waals surface area contributed by atoms with Crippen LogP contribution in [0.4, 0.5) is 0 Å². The van der Waals surface area contributed by atoms with Gasteiger partial charge in [0.2, 0.25) is 0 Å². The van der Waals surface area contributed by atoms with Crippen LogP contribution in [0.5, 0.6) is 5.75 Å². The average Bonchev–Trinajstić information content (AvgIpc) is 2.39. The summed E-state index contributed by atoms with van der Waals surface area (Å²) in [6, 6.07) is 5.39. The van der Waals surface area contributed by atoms with E-state index in [0.717, 1.165) is 28.8 Å². The molecular formula is C15H15NO3. The molecule has 1 aliphatic heterocycles. The number of hydrogen-bond donors (Lipinski definition) is 0. The molecule has 0 amide bonds. The lowest BCUT2D eigenvalue weighted by Gasteiger charge is -2.28. The molecule has 0 atom stereocenters. The smallest absolute Gasteiger partial charge is 0.336 e. The first kappa shape index (κ1) is 12.0. The van der Waals surface area contributed by atoms with Crippen molar-refractivity contribution in [1.82, 2.24) is 4.90 Å². The molecule has 0 unspecified atom stereocenters. The van der Waals surface area contributed by atoms with Crippen LogP contribution < -0.4 is 10.4 Å². The summed E-state index contributed by atoms with van der Waals surface area (Å²) in [5.74, 6) is 0.793. The van der Waals surface area contributed by atoms with Gasteiger partial charge in [-0.1, -0.05) is 6.08 Å².